The molecule has 0 spiro atoms. The molecule has 0 radical (unpaired) electrons. The number of ether oxygens (including phenoxy) is 1. The quantitative estimate of drug-likeness (QED) is 0.125. The van der Waals surface area contributed by atoms with Crippen LogP contribution in [0.2, 0.25) is 0 Å². The Labute approximate surface area is 208 Å². The van der Waals surface area contributed by atoms with Crippen LogP contribution in [-0.2, 0) is 16.1 Å². The number of hydrogen-bond donors (Lipinski definition) is 1. The number of hydrogen-bond acceptors (Lipinski definition) is 6. The molecule has 1 N–H and O–H groups in total. The number of para-hydroxylation sites is 2. The van der Waals surface area contributed by atoms with Crippen molar-refractivity contribution in [3.05, 3.63) is 89.5 Å². The van der Waals surface area contributed by atoms with Crippen LogP contribution < -0.4 is 10.2 Å². The van der Waals surface area contributed by atoms with E-state index in [1.807, 2.05) is 24.3 Å². The summed E-state index contributed by atoms with van der Waals surface area (Å²) >= 11 is 1.38. The van der Waals surface area contributed by atoms with Crippen LogP contribution >= 0.6 is 11.8 Å². The normalized spacial score (nSPS) is 11.5. The minimum Gasteiger partial charge on any atom is -0.427 e. The second-order valence-electron chi connectivity index (χ2n) is 8.09. The molecule has 0 bridgehead atoms. The van der Waals surface area contributed by atoms with Gasteiger partial charge in [0.15, 0.2) is 5.16 Å². The van der Waals surface area contributed by atoms with Gasteiger partial charge in [-0.2, -0.15) is 5.10 Å². The van der Waals surface area contributed by atoms with E-state index in [1.165, 1.54) is 29.8 Å². The largest absolute Gasteiger partial charge is 0.427 e. The molecule has 0 aliphatic heterocycles. The Morgan fingerprint density at radius 1 is 1.00 bits per heavy atom. The summed E-state index contributed by atoms with van der Waals surface area (Å²) in [4.78, 5) is 28.3. The molecule has 0 fully saturated rings. The summed E-state index contributed by atoms with van der Waals surface area (Å²) in [6.07, 6.45) is 0. The molecule has 1 amide bonds. The van der Waals surface area contributed by atoms with E-state index >= 15 is 0 Å². The van der Waals surface area contributed by atoms with E-state index in [1.54, 1.807) is 31.2 Å². The highest BCUT2D eigenvalue weighted by atomic mass is 32.2. The summed E-state index contributed by atoms with van der Waals surface area (Å²) in [5.74, 6) is 0.0440. The summed E-state index contributed by atoms with van der Waals surface area (Å²) in [7, 11) is 0. The second kappa shape index (κ2) is 11.0. The Hall–Kier alpha value is -3.91. The predicted molar refractivity (Wildman–Crippen MR) is 139 cm³/mol. The Bertz CT molecular complexity index is 1380. The average Bonchev–Trinajstić information content (AvgIpc) is 3.20. The van der Waals surface area contributed by atoms with Crippen molar-refractivity contribution in [2.75, 3.05) is 5.75 Å². The van der Waals surface area contributed by atoms with Gasteiger partial charge in [0.2, 0.25) is 0 Å². The van der Waals surface area contributed by atoms with E-state index < -0.39 is 0 Å². The molecule has 4 rings (SSSR count). The number of amides is 1. The smallest absolute Gasteiger partial charge is 0.308 e. The topological polar surface area (TPSA) is 85.6 Å². The van der Waals surface area contributed by atoms with Gasteiger partial charge in [-0.15, -0.1) is 0 Å². The average molecular weight is 487 g/mol. The molecule has 0 aliphatic carbocycles. The van der Waals surface area contributed by atoms with E-state index in [0.29, 0.717) is 18.0 Å². The summed E-state index contributed by atoms with van der Waals surface area (Å²) in [6.45, 7) is 5.89. The fraction of sp³-hybridized carbons (Fsp3) is 0.185. The number of esters is 1. The van der Waals surface area contributed by atoms with Crippen molar-refractivity contribution in [2.24, 2.45) is 5.10 Å². The number of hydrazone groups is 1. The van der Waals surface area contributed by atoms with Crippen molar-refractivity contribution in [2.45, 2.75) is 32.5 Å². The molecular formula is C27H26N4O3S. The van der Waals surface area contributed by atoms with Gasteiger partial charge in [-0.1, -0.05) is 53.7 Å². The number of imidazole rings is 1. The van der Waals surface area contributed by atoms with Gasteiger partial charge in [0.05, 0.1) is 29.0 Å². The summed E-state index contributed by atoms with van der Waals surface area (Å²) in [6, 6.07) is 23.3. The van der Waals surface area contributed by atoms with Crippen LogP contribution in [0.25, 0.3) is 11.0 Å². The molecule has 35 heavy (non-hydrogen) atoms. The number of nitrogens with zero attached hydrogens (tertiary/aromatic N) is 3. The molecule has 8 heteroatoms. The van der Waals surface area contributed by atoms with Gasteiger partial charge in [0, 0.05) is 6.92 Å². The Morgan fingerprint density at radius 3 is 2.43 bits per heavy atom. The minimum atomic E-state index is -0.375. The minimum absolute atomic E-state index is 0.180. The Kier molecular flexibility index (Phi) is 7.62. The lowest BCUT2D eigenvalue weighted by Crippen LogP contribution is -2.21. The number of carbonyl (C=O) groups is 2. The van der Waals surface area contributed by atoms with Gasteiger partial charge in [0.25, 0.3) is 5.91 Å². The van der Waals surface area contributed by atoms with Crippen LogP contribution in [0.4, 0.5) is 0 Å². The third kappa shape index (κ3) is 6.36. The first-order valence-electron chi connectivity index (χ1n) is 11.1. The zero-order valence-electron chi connectivity index (χ0n) is 19.8. The zero-order chi connectivity index (χ0) is 24.8. The number of aromatic nitrogens is 2. The Morgan fingerprint density at radius 2 is 1.71 bits per heavy atom. The Balaban J connectivity index is 1.42. The predicted octanol–water partition coefficient (Wildman–Crippen LogP) is 4.95. The first-order chi connectivity index (χ1) is 16.9. The fourth-order valence-corrected chi connectivity index (χ4v) is 4.30. The number of fused-ring (bicyclic) bond motifs is 1. The van der Waals surface area contributed by atoms with Gasteiger partial charge in [-0.25, -0.2) is 10.4 Å². The second-order valence-corrected chi connectivity index (χ2v) is 9.04. The monoisotopic (exact) mass is 486 g/mol. The standard InChI is InChI=1S/C27H26N4O3S/c1-18-8-10-21(11-9-18)16-31-25-7-5-4-6-24(25)28-27(31)35-17-26(33)30-29-19(2)22-12-14-23(15-13-22)34-20(3)32/h4-15H,16-17H2,1-3H3,(H,30,33)/b29-19-. The maximum atomic E-state index is 12.5. The number of rotatable bonds is 8. The molecule has 1 aromatic heterocycles. The third-order valence-corrected chi connectivity index (χ3v) is 6.27. The van der Waals surface area contributed by atoms with Crippen molar-refractivity contribution >= 4 is 40.4 Å². The SMILES string of the molecule is CC(=O)Oc1ccc(/C(C)=N\NC(=O)CSc2nc3ccccc3n2Cc2ccc(C)cc2)cc1. The maximum absolute atomic E-state index is 12.5. The molecule has 0 aliphatic rings. The molecule has 7 nitrogen and oxygen atoms in total. The van der Waals surface area contributed by atoms with E-state index in [-0.39, 0.29) is 17.6 Å². The molecule has 4 aromatic rings. The molecule has 0 saturated heterocycles. The number of carbonyl (C=O) groups excluding carboxylic acids is 2. The van der Waals surface area contributed by atoms with Crippen molar-refractivity contribution in [3.63, 3.8) is 0 Å². The van der Waals surface area contributed by atoms with Gasteiger partial charge in [0.1, 0.15) is 5.75 Å². The summed E-state index contributed by atoms with van der Waals surface area (Å²) in [5, 5.41) is 4.99. The van der Waals surface area contributed by atoms with Gasteiger partial charge >= 0.3 is 5.97 Å². The fourth-order valence-electron chi connectivity index (χ4n) is 3.50. The van der Waals surface area contributed by atoms with Gasteiger partial charge in [-0.05, 0) is 61.4 Å². The number of benzene rings is 3. The van der Waals surface area contributed by atoms with E-state index in [2.05, 4.69) is 46.3 Å². The van der Waals surface area contributed by atoms with Gasteiger partial charge < -0.3 is 9.30 Å². The maximum Gasteiger partial charge on any atom is 0.308 e. The molecule has 0 saturated carbocycles. The van der Waals surface area contributed by atoms with E-state index in [4.69, 9.17) is 9.72 Å². The van der Waals surface area contributed by atoms with Crippen molar-refractivity contribution in [3.8, 4) is 5.75 Å². The molecule has 178 valence electrons. The van der Waals surface area contributed by atoms with Gasteiger partial charge in [-0.3, -0.25) is 9.59 Å². The van der Waals surface area contributed by atoms with E-state index in [9.17, 15) is 9.59 Å². The van der Waals surface area contributed by atoms with Crippen LogP contribution in [-0.4, -0.2) is 32.9 Å². The first-order valence-corrected chi connectivity index (χ1v) is 12.1. The van der Waals surface area contributed by atoms with Crippen molar-refractivity contribution < 1.29 is 14.3 Å². The van der Waals surface area contributed by atoms with Crippen molar-refractivity contribution in [1.82, 2.24) is 15.0 Å². The molecule has 0 unspecified atom stereocenters. The van der Waals surface area contributed by atoms with Crippen LogP contribution in [0.15, 0.2) is 83.1 Å². The lowest BCUT2D eigenvalue weighted by Gasteiger charge is -2.09. The molecule has 1 heterocycles. The van der Waals surface area contributed by atoms with Crippen molar-refractivity contribution in [1.29, 1.82) is 0 Å². The lowest BCUT2D eigenvalue weighted by atomic mass is 10.1. The number of thioether (sulfide) groups is 1. The molecular weight excluding hydrogens is 460 g/mol. The highest BCUT2D eigenvalue weighted by molar-refractivity contribution is 7.99. The molecule has 3 aromatic carbocycles. The molecule has 0 atom stereocenters. The first kappa shape index (κ1) is 24.2. The highest BCUT2D eigenvalue weighted by Crippen LogP contribution is 2.25. The summed E-state index contributed by atoms with van der Waals surface area (Å²) in [5.41, 5.74) is 8.38. The third-order valence-electron chi connectivity index (χ3n) is 5.30. The summed E-state index contributed by atoms with van der Waals surface area (Å²) < 4.78 is 7.17. The zero-order valence-corrected chi connectivity index (χ0v) is 20.6. The van der Waals surface area contributed by atoms with Crippen LogP contribution in [0.1, 0.15) is 30.5 Å². The highest BCUT2D eigenvalue weighted by Gasteiger charge is 2.13. The number of nitrogens with one attached hydrogen (secondary N) is 1. The van der Waals surface area contributed by atoms with E-state index in [0.717, 1.165) is 21.8 Å². The lowest BCUT2D eigenvalue weighted by molar-refractivity contribution is -0.131. The van der Waals surface area contributed by atoms with Crippen LogP contribution in [0.5, 0.6) is 5.75 Å². The number of aryl methyl sites for hydroxylation is 1. The van der Waals surface area contributed by atoms with Crippen LogP contribution in [0.3, 0.4) is 0 Å². The van der Waals surface area contributed by atoms with Crippen LogP contribution in [0, 0.1) is 6.92 Å².